The molecule has 0 aliphatic carbocycles. The van der Waals surface area contributed by atoms with Crippen LogP contribution in [0.25, 0.3) is 22.2 Å². The van der Waals surface area contributed by atoms with Crippen LogP contribution in [-0.4, -0.2) is 57.4 Å². The lowest BCUT2D eigenvalue weighted by atomic mass is 9.91. The van der Waals surface area contributed by atoms with Crippen molar-refractivity contribution in [2.24, 2.45) is 5.92 Å². The van der Waals surface area contributed by atoms with Gasteiger partial charge in [-0.3, -0.25) is 14.4 Å². The number of benzene rings is 2. The SMILES string of the molecule is Cc1cccc(C)c1-c1cc([C@@H](CC(=O)O)NC(=O)[C@H](CC(C)C)n2cc(CCN(C)C)c(C(F)(F)F)cc2=O)cc2nonc12. The molecule has 2 atom stereocenters. The molecule has 2 N–H and O–H groups in total. The molecule has 13 heteroatoms. The number of nitrogens with one attached hydrogen (secondary N) is 1. The van der Waals surface area contributed by atoms with Crippen LogP contribution in [0.4, 0.5) is 13.2 Å². The van der Waals surface area contributed by atoms with E-state index in [0.717, 1.165) is 27.5 Å². The molecule has 0 unspecified atom stereocenters. The number of aromatic nitrogens is 3. The Bertz CT molecular complexity index is 1770. The first-order chi connectivity index (χ1) is 21.6. The Balaban J connectivity index is 1.81. The largest absolute Gasteiger partial charge is 0.481 e. The van der Waals surface area contributed by atoms with Gasteiger partial charge in [-0.25, -0.2) is 4.63 Å². The van der Waals surface area contributed by atoms with E-state index in [0.29, 0.717) is 28.2 Å². The highest BCUT2D eigenvalue weighted by molar-refractivity contribution is 5.94. The van der Waals surface area contributed by atoms with Gasteiger partial charge >= 0.3 is 12.1 Å². The second-order valence-electron chi connectivity index (χ2n) is 12.3. The van der Waals surface area contributed by atoms with Gasteiger partial charge in [-0.1, -0.05) is 32.0 Å². The summed E-state index contributed by atoms with van der Waals surface area (Å²) in [5, 5.41) is 20.7. The molecule has 0 spiro atoms. The van der Waals surface area contributed by atoms with Gasteiger partial charge in [0.1, 0.15) is 17.1 Å². The summed E-state index contributed by atoms with van der Waals surface area (Å²) >= 11 is 0. The maximum atomic E-state index is 14.0. The minimum atomic E-state index is -4.76. The number of carboxylic acids is 1. The van der Waals surface area contributed by atoms with Crippen LogP contribution in [0.15, 0.2) is 52.0 Å². The Morgan fingerprint density at radius 2 is 1.76 bits per heavy atom. The summed E-state index contributed by atoms with van der Waals surface area (Å²) in [4.78, 5) is 40.9. The van der Waals surface area contributed by atoms with E-state index in [-0.39, 0.29) is 30.9 Å². The molecule has 4 rings (SSSR count). The molecule has 0 aliphatic rings. The summed E-state index contributed by atoms with van der Waals surface area (Å²) in [6.07, 6.45) is -4.06. The number of carbonyl (C=O) groups is 2. The molecule has 2 aromatic carbocycles. The minimum Gasteiger partial charge on any atom is -0.481 e. The molecule has 0 saturated carbocycles. The molecule has 0 bridgehead atoms. The number of likely N-dealkylation sites (N-methyl/N-ethyl adjacent to an activating group) is 1. The van der Waals surface area contributed by atoms with Gasteiger partial charge in [0.2, 0.25) is 5.91 Å². The van der Waals surface area contributed by atoms with Crippen LogP contribution in [0.5, 0.6) is 0 Å². The number of carboxylic acid groups (broad SMARTS) is 1. The van der Waals surface area contributed by atoms with Crippen molar-refractivity contribution >= 4 is 22.9 Å². The average molecular weight is 642 g/mol. The van der Waals surface area contributed by atoms with Crippen molar-refractivity contribution in [2.75, 3.05) is 20.6 Å². The van der Waals surface area contributed by atoms with E-state index < -0.39 is 47.7 Å². The lowest BCUT2D eigenvalue weighted by molar-refractivity contribution is -0.139. The van der Waals surface area contributed by atoms with Crippen molar-refractivity contribution in [2.45, 2.75) is 65.2 Å². The molecule has 0 fully saturated rings. The molecule has 2 aromatic heterocycles. The van der Waals surface area contributed by atoms with Gasteiger partial charge in [0.25, 0.3) is 5.56 Å². The van der Waals surface area contributed by atoms with Crippen LogP contribution in [-0.2, 0) is 22.2 Å². The van der Waals surface area contributed by atoms with Gasteiger partial charge in [-0.15, -0.1) is 0 Å². The standard InChI is InChI=1S/C33H38F3N5O5/c1-18(2)12-27(41-17-21(10-11-40(5)6)24(15-28(41)42)33(34,35)36)32(45)37-25(16-29(43)44)22-13-23(31-26(14-22)38-46-39-31)30-19(3)8-7-9-20(30)4/h7-9,13-15,17-18,25,27H,10-12,16H2,1-6H3,(H,37,45)(H,43,44)/t25-,27+/m1/s1. The maximum absolute atomic E-state index is 14.0. The number of aliphatic carboxylic acids is 1. The van der Waals surface area contributed by atoms with Crippen LogP contribution < -0.4 is 10.9 Å². The molecule has 4 aromatic rings. The summed E-state index contributed by atoms with van der Waals surface area (Å²) in [5.74, 6) is -2.04. The summed E-state index contributed by atoms with van der Waals surface area (Å²) in [6, 6.07) is 7.32. The zero-order chi connectivity index (χ0) is 33.9. The van der Waals surface area contributed by atoms with E-state index in [9.17, 15) is 32.7 Å². The van der Waals surface area contributed by atoms with Crippen LogP contribution in [0.1, 0.15) is 66.6 Å². The highest BCUT2D eigenvalue weighted by Crippen LogP contribution is 2.36. The monoisotopic (exact) mass is 641 g/mol. The Labute approximate surface area is 264 Å². The number of alkyl halides is 3. The van der Waals surface area contributed by atoms with E-state index in [1.807, 2.05) is 45.9 Å². The maximum Gasteiger partial charge on any atom is 0.416 e. The minimum absolute atomic E-state index is 0.00732. The fraction of sp³-hybridized carbons (Fsp3) is 0.424. The van der Waals surface area contributed by atoms with E-state index in [1.54, 1.807) is 31.1 Å². The fourth-order valence-corrected chi connectivity index (χ4v) is 5.67. The zero-order valence-electron chi connectivity index (χ0n) is 26.6. The number of halogens is 3. The Kier molecular flexibility index (Phi) is 10.3. The second-order valence-corrected chi connectivity index (χ2v) is 12.3. The number of hydrogen-bond acceptors (Lipinski definition) is 7. The average Bonchev–Trinajstić information content (AvgIpc) is 3.43. The lowest BCUT2D eigenvalue weighted by Gasteiger charge is -2.26. The first-order valence-electron chi connectivity index (χ1n) is 14.9. The number of fused-ring (bicyclic) bond motifs is 1. The highest BCUT2D eigenvalue weighted by Gasteiger charge is 2.36. The Hall–Kier alpha value is -4.52. The normalized spacial score (nSPS) is 13.4. The van der Waals surface area contributed by atoms with Gasteiger partial charge in [0.05, 0.1) is 18.0 Å². The lowest BCUT2D eigenvalue weighted by Crippen LogP contribution is -2.40. The third-order valence-corrected chi connectivity index (χ3v) is 7.86. The summed E-state index contributed by atoms with van der Waals surface area (Å²) in [7, 11) is 3.44. The van der Waals surface area contributed by atoms with Crippen LogP contribution in [0, 0.1) is 19.8 Å². The van der Waals surface area contributed by atoms with Gasteiger partial charge in [-0.05, 0) is 97.0 Å². The van der Waals surface area contributed by atoms with E-state index >= 15 is 0 Å². The molecule has 10 nitrogen and oxygen atoms in total. The molecule has 0 radical (unpaired) electrons. The van der Waals surface area contributed by atoms with Crippen molar-refractivity contribution in [3.8, 4) is 11.1 Å². The molecule has 246 valence electrons. The summed E-state index contributed by atoms with van der Waals surface area (Å²) in [6.45, 7) is 7.77. The number of nitrogens with zero attached hydrogens (tertiary/aromatic N) is 4. The summed E-state index contributed by atoms with van der Waals surface area (Å²) < 4.78 is 47.8. The third kappa shape index (κ3) is 7.82. The van der Waals surface area contributed by atoms with Gasteiger partial charge in [-0.2, -0.15) is 13.2 Å². The predicted octanol–water partition coefficient (Wildman–Crippen LogP) is 5.71. The van der Waals surface area contributed by atoms with E-state index in [2.05, 4.69) is 15.6 Å². The number of amides is 1. The smallest absolute Gasteiger partial charge is 0.416 e. The molecule has 0 aliphatic heterocycles. The van der Waals surface area contributed by atoms with Gasteiger partial charge < -0.3 is 19.9 Å². The van der Waals surface area contributed by atoms with Crippen molar-refractivity contribution in [1.82, 2.24) is 25.1 Å². The fourth-order valence-electron chi connectivity index (χ4n) is 5.67. The van der Waals surface area contributed by atoms with Gasteiger partial charge in [0.15, 0.2) is 0 Å². The van der Waals surface area contributed by atoms with Crippen LogP contribution in [0.2, 0.25) is 0 Å². The second kappa shape index (κ2) is 13.9. The molecule has 46 heavy (non-hydrogen) atoms. The number of aryl methyl sites for hydroxylation is 2. The molecule has 1 amide bonds. The Morgan fingerprint density at radius 1 is 1.09 bits per heavy atom. The van der Waals surface area contributed by atoms with Crippen molar-refractivity contribution in [1.29, 1.82) is 0 Å². The molecule has 2 heterocycles. The molecule has 0 saturated heterocycles. The van der Waals surface area contributed by atoms with Crippen molar-refractivity contribution < 1.29 is 32.5 Å². The highest BCUT2D eigenvalue weighted by atomic mass is 19.4. The quantitative estimate of drug-likeness (QED) is 0.201. The third-order valence-electron chi connectivity index (χ3n) is 7.86. The molecular weight excluding hydrogens is 603 g/mol. The van der Waals surface area contributed by atoms with E-state index in [1.165, 1.54) is 0 Å². The molecular formula is C33H38F3N5O5. The van der Waals surface area contributed by atoms with E-state index in [4.69, 9.17) is 4.63 Å². The van der Waals surface area contributed by atoms with Gasteiger partial charge in [0, 0.05) is 24.4 Å². The number of hydrogen-bond donors (Lipinski definition) is 2. The van der Waals surface area contributed by atoms with Crippen LogP contribution >= 0.6 is 0 Å². The van der Waals surface area contributed by atoms with Crippen molar-refractivity contribution in [3.05, 3.63) is 80.8 Å². The topological polar surface area (TPSA) is 131 Å². The first-order valence-corrected chi connectivity index (χ1v) is 14.9. The summed E-state index contributed by atoms with van der Waals surface area (Å²) in [5.41, 5.74) is 2.43. The first kappa shape index (κ1) is 34.4. The number of pyridine rings is 1. The zero-order valence-corrected chi connectivity index (χ0v) is 26.6. The van der Waals surface area contributed by atoms with Crippen molar-refractivity contribution in [3.63, 3.8) is 0 Å². The number of rotatable bonds is 12. The Morgan fingerprint density at radius 3 is 2.35 bits per heavy atom. The van der Waals surface area contributed by atoms with Crippen LogP contribution in [0.3, 0.4) is 0 Å². The number of carbonyl (C=O) groups excluding carboxylic acids is 1. The predicted molar refractivity (Wildman–Crippen MR) is 166 cm³/mol.